The van der Waals surface area contributed by atoms with Crippen molar-refractivity contribution in [3.8, 4) is 5.75 Å². The van der Waals surface area contributed by atoms with E-state index < -0.39 is 27.3 Å². The number of rotatable bonds is 11. The Bertz CT molecular complexity index is 1480. The van der Waals surface area contributed by atoms with E-state index in [-0.39, 0.29) is 22.8 Å². The van der Waals surface area contributed by atoms with Crippen LogP contribution < -0.4 is 14.4 Å². The Morgan fingerprint density at radius 3 is 2.77 bits per heavy atom. The molecule has 2 aromatic carbocycles. The zero-order chi connectivity index (χ0) is 30.8. The number of nitrogens with one attached hydrogen (secondary N) is 1. The van der Waals surface area contributed by atoms with Crippen LogP contribution in [0.3, 0.4) is 0 Å². The average Bonchev–Trinajstić information content (AvgIpc) is 3.12. The van der Waals surface area contributed by atoms with E-state index in [1.165, 1.54) is 11.1 Å². The monoisotopic (exact) mass is 626 g/mol. The molecular formula is C34H43ClN2O5S. The highest BCUT2D eigenvalue weighted by atomic mass is 35.5. The van der Waals surface area contributed by atoms with Crippen LogP contribution in [0.2, 0.25) is 5.02 Å². The van der Waals surface area contributed by atoms with Gasteiger partial charge in [0.05, 0.1) is 23.6 Å². The number of nitrogens with zero attached hydrogens (tertiary/aromatic N) is 1. The number of ether oxygens (including phenoxy) is 1. The molecule has 5 rings (SSSR count). The third-order valence-electron chi connectivity index (χ3n) is 9.73. The second-order valence-electron chi connectivity index (χ2n) is 12.4. The molecule has 2 unspecified atom stereocenters. The van der Waals surface area contributed by atoms with Crippen molar-refractivity contribution < 1.29 is 23.1 Å². The van der Waals surface area contributed by atoms with Crippen LogP contribution in [0.5, 0.6) is 5.75 Å². The van der Waals surface area contributed by atoms with Crippen molar-refractivity contribution in [2.45, 2.75) is 75.1 Å². The highest BCUT2D eigenvalue weighted by Gasteiger charge is 2.44. The molecule has 1 amide bonds. The molecular weight excluding hydrogens is 584 g/mol. The first kappa shape index (κ1) is 31.6. The van der Waals surface area contributed by atoms with Crippen LogP contribution in [0, 0.1) is 11.8 Å². The smallest absolute Gasteiger partial charge is 0.264 e. The van der Waals surface area contributed by atoms with Crippen molar-refractivity contribution >= 4 is 33.2 Å². The number of aliphatic hydroxyl groups is 1. The van der Waals surface area contributed by atoms with Crippen molar-refractivity contribution in [1.29, 1.82) is 0 Å². The lowest BCUT2D eigenvalue weighted by atomic mass is 9.68. The first-order valence-electron chi connectivity index (χ1n) is 15.4. The van der Waals surface area contributed by atoms with Crippen molar-refractivity contribution in [1.82, 2.24) is 4.72 Å². The van der Waals surface area contributed by atoms with Gasteiger partial charge in [-0.15, -0.1) is 13.2 Å². The predicted octanol–water partition coefficient (Wildman–Crippen LogP) is 6.19. The van der Waals surface area contributed by atoms with Gasteiger partial charge >= 0.3 is 0 Å². The second-order valence-corrected chi connectivity index (χ2v) is 14.8. The van der Waals surface area contributed by atoms with Crippen LogP contribution in [0.25, 0.3) is 0 Å². The standard InChI is InChI=1S/C34H43ClN2O5S/c1-4-7-10-27(5-2)43(40,41)36-33(39)24-12-16-32-30(19-24)37(20-25-11-14-28(25)31(38)6-3)21-34(22-42-32)17-8-9-23-18-26(35)13-15-29(23)34/h4,6,12-13,15-16,18-19,25,27-28,31,38H,1,3,5,7-11,14,17,20-22H2,2H3,(H,36,39)/t25-,27?,28+,31?,34-/m0/s1. The summed E-state index contributed by atoms with van der Waals surface area (Å²) in [5.41, 5.74) is 3.23. The van der Waals surface area contributed by atoms with E-state index in [0.717, 1.165) is 42.8 Å². The predicted molar refractivity (Wildman–Crippen MR) is 173 cm³/mol. The van der Waals surface area contributed by atoms with E-state index in [4.69, 9.17) is 16.3 Å². The Labute approximate surface area is 261 Å². The van der Waals surface area contributed by atoms with Gasteiger partial charge in [-0.25, -0.2) is 13.1 Å². The fraction of sp³-hybridized carbons (Fsp3) is 0.500. The molecule has 2 N–H and O–H groups in total. The summed E-state index contributed by atoms with van der Waals surface area (Å²) >= 11 is 6.38. The zero-order valence-electron chi connectivity index (χ0n) is 24.9. The van der Waals surface area contributed by atoms with E-state index in [0.29, 0.717) is 44.7 Å². The van der Waals surface area contributed by atoms with Gasteiger partial charge in [-0.3, -0.25) is 4.79 Å². The third-order valence-corrected chi connectivity index (χ3v) is 11.9. The van der Waals surface area contributed by atoms with Crippen LogP contribution >= 0.6 is 11.6 Å². The molecule has 1 heterocycles. The summed E-state index contributed by atoms with van der Waals surface area (Å²) in [5, 5.41) is 10.6. The Morgan fingerprint density at radius 2 is 2.07 bits per heavy atom. The minimum atomic E-state index is -3.87. The molecule has 1 fully saturated rings. The molecule has 2 aromatic rings. The maximum Gasteiger partial charge on any atom is 0.264 e. The highest BCUT2D eigenvalue weighted by molar-refractivity contribution is 7.90. The molecule has 5 atom stereocenters. The van der Waals surface area contributed by atoms with E-state index in [9.17, 15) is 18.3 Å². The number of benzene rings is 2. The highest BCUT2D eigenvalue weighted by Crippen LogP contribution is 2.46. The third kappa shape index (κ3) is 6.52. The Morgan fingerprint density at radius 1 is 1.26 bits per heavy atom. The number of anilines is 1. The van der Waals surface area contributed by atoms with E-state index >= 15 is 0 Å². The van der Waals surface area contributed by atoms with Crippen LogP contribution in [0.1, 0.15) is 73.4 Å². The molecule has 1 aliphatic heterocycles. The molecule has 232 valence electrons. The van der Waals surface area contributed by atoms with Gasteiger partial charge in [0.1, 0.15) is 5.75 Å². The number of aliphatic hydroxyl groups excluding tert-OH is 1. The van der Waals surface area contributed by atoms with Crippen molar-refractivity contribution in [3.63, 3.8) is 0 Å². The fourth-order valence-corrected chi connectivity index (χ4v) is 8.76. The largest absolute Gasteiger partial charge is 0.490 e. The number of sulfonamides is 1. The number of aryl methyl sites for hydroxylation is 1. The van der Waals surface area contributed by atoms with Crippen LogP contribution in [0.4, 0.5) is 5.69 Å². The number of allylic oxidation sites excluding steroid dienone is 1. The summed E-state index contributed by atoms with van der Waals surface area (Å²) in [5.74, 6) is 0.379. The van der Waals surface area contributed by atoms with Crippen molar-refractivity contribution in [3.05, 3.63) is 83.4 Å². The quantitative estimate of drug-likeness (QED) is 0.289. The molecule has 7 nitrogen and oxygen atoms in total. The summed E-state index contributed by atoms with van der Waals surface area (Å²) in [6.45, 7) is 11.1. The second kappa shape index (κ2) is 13.0. The molecule has 3 aliphatic rings. The van der Waals surface area contributed by atoms with Crippen molar-refractivity contribution in [2.75, 3.05) is 24.6 Å². The summed E-state index contributed by atoms with van der Waals surface area (Å²) in [6.07, 6.45) is 8.94. The molecule has 43 heavy (non-hydrogen) atoms. The fourth-order valence-electron chi connectivity index (χ4n) is 7.14. The van der Waals surface area contributed by atoms with Gasteiger partial charge in [-0.1, -0.05) is 36.7 Å². The van der Waals surface area contributed by atoms with Gasteiger partial charge in [0.15, 0.2) is 0 Å². The molecule has 0 radical (unpaired) electrons. The molecule has 2 aliphatic carbocycles. The lowest BCUT2D eigenvalue weighted by Crippen LogP contribution is -2.49. The normalized spacial score (nSPS) is 24.4. The molecule has 9 heteroatoms. The van der Waals surface area contributed by atoms with Gasteiger partial charge in [0, 0.05) is 29.1 Å². The van der Waals surface area contributed by atoms with E-state index in [1.54, 1.807) is 37.3 Å². The summed E-state index contributed by atoms with van der Waals surface area (Å²) < 4.78 is 35.0. The molecule has 1 saturated carbocycles. The minimum Gasteiger partial charge on any atom is -0.490 e. The topological polar surface area (TPSA) is 95.9 Å². The molecule has 0 bridgehead atoms. The van der Waals surface area contributed by atoms with E-state index in [1.807, 2.05) is 6.07 Å². The van der Waals surface area contributed by atoms with Gasteiger partial charge in [0.2, 0.25) is 10.0 Å². The number of hydrogen-bond acceptors (Lipinski definition) is 6. The Kier molecular flexibility index (Phi) is 9.59. The first-order valence-corrected chi connectivity index (χ1v) is 17.3. The van der Waals surface area contributed by atoms with Crippen LogP contribution in [-0.4, -0.2) is 50.5 Å². The number of hydrogen-bond donors (Lipinski definition) is 2. The lowest BCUT2D eigenvalue weighted by molar-refractivity contribution is 0.0460. The van der Waals surface area contributed by atoms with Gasteiger partial charge in [-0.2, -0.15) is 0 Å². The summed E-state index contributed by atoms with van der Waals surface area (Å²) in [6, 6.07) is 11.3. The van der Waals surface area contributed by atoms with Crippen molar-refractivity contribution in [2.24, 2.45) is 11.8 Å². The summed E-state index contributed by atoms with van der Waals surface area (Å²) in [4.78, 5) is 15.7. The number of carbonyl (C=O) groups excluding carboxylic acids is 1. The molecule has 0 aromatic heterocycles. The number of fused-ring (bicyclic) bond motifs is 3. The van der Waals surface area contributed by atoms with Gasteiger partial charge in [-0.05, 0) is 105 Å². The van der Waals surface area contributed by atoms with Crippen LogP contribution in [-0.2, 0) is 21.9 Å². The maximum atomic E-state index is 13.4. The van der Waals surface area contributed by atoms with Crippen LogP contribution in [0.15, 0.2) is 61.7 Å². The van der Waals surface area contributed by atoms with Gasteiger partial charge < -0.3 is 14.7 Å². The molecule has 0 saturated heterocycles. The average molecular weight is 627 g/mol. The Balaban J connectivity index is 1.48. The number of halogens is 1. The van der Waals surface area contributed by atoms with Gasteiger partial charge in [0.25, 0.3) is 5.91 Å². The zero-order valence-corrected chi connectivity index (χ0v) is 26.5. The number of carbonyl (C=O) groups is 1. The first-order chi connectivity index (χ1) is 20.6. The maximum absolute atomic E-state index is 13.4. The Hall–Kier alpha value is -2.81. The molecule has 1 spiro atoms. The minimum absolute atomic E-state index is 0.122. The summed E-state index contributed by atoms with van der Waals surface area (Å²) in [7, 11) is -3.87. The van der Waals surface area contributed by atoms with E-state index in [2.05, 4.69) is 34.9 Å². The SMILES string of the molecule is C=CCCC(CC)S(=O)(=O)NC(=O)c1ccc2c(c1)N(C[C@@H]1CC[C@H]1C(O)C=C)C[C@@]1(CCCc3cc(Cl)ccc31)CO2. The lowest BCUT2D eigenvalue weighted by Gasteiger charge is -2.45. The number of amides is 1.